The zero-order chi connectivity index (χ0) is 15.8. The molecule has 0 aliphatic rings. The van der Waals surface area contributed by atoms with E-state index in [1.165, 1.54) is 0 Å². The molecule has 1 N–H and O–H groups in total. The third-order valence-electron chi connectivity index (χ3n) is 2.79. The topological polar surface area (TPSA) is 64.6 Å². The van der Waals surface area contributed by atoms with Gasteiger partial charge in [-0.15, -0.1) is 0 Å². The number of carbonyl (C=O) groups is 2. The van der Waals surface area contributed by atoms with Crippen molar-refractivity contribution >= 4 is 17.6 Å². The van der Waals surface area contributed by atoms with Crippen molar-refractivity contribution in [2.24, 2.45) is 0 Å². The molecule has 0 fully saturated rings. The smallest absolute Gasteiger partial charge is 0.338 e. The molecular weight excluding hydrogens is 282 g/mol. The molecule has 0 spiro atoms. The van der Waals surface area contributed by atoms with Gasteiger partial charge in [-0.2, -0.15) is 0 Å². The summed E-state index contributed by atoms with van der Waals surface area (Å²) in [5.74, 6) is -0.0177. The van der Waals surface area contributed by atoms with E-state index in [0.29, 0.717) is 23.6 Å². The van der Waals surface area contributed by atoms with Crippen molar-refractivity contribution in [2.75, 3.05) is 18.5 Å². The molecule has 0 heterocycles. The van der Waals surface area contributed by atoms with Gasteiger partial charge in [0, 0.05) is 5.69 Å². The van der Waals surface area contributed by atoms with Gasteiger partial charge in [0.05, 0.1) is 12.2 Å². The maximum absolute atomic E-state index is 11.8. The average molecular weight is 299 g/mol. The molecule has 2 aromatic carbocycles. The van der Waals surface area contributed by atoms with Crippen LogP contribution in [0, 0.1) is 0 Å². The van der Waals surface area contributed by atoms with Crippen molar-refractivity contribution < 1.29 is 19.1 Å². The van der Waals surface area contributed by atoms with Gasteiger partial charge in [-0.25, -0.2) is 4.79 Å². The Kier molecular flexibility index (Phi) is 5.54. The molecule has 2 rings (SSSR count). The first-order valence-electron chi connectivity index (χ1n) is 6.94. The highest BCUT2D eigenvalue weighted by molar-refractivity contribution is 5.93. The Bertz CT molecular complexity index is 623. The van der Waals surface area contributed by atoms with Crippen molar-refractivity contribution in [1.29, 1.82) is 0 Å². The summed E-state index contributed by atoms with van der Waals surface area (Å²) in [5, 5.41) is 2.69. The SMILES string of the molecule is CCOC(=O)c1ccc(NC(=O)COc2ccccc2)cc1. The van der Waals surface area contributed by atoms with Gasteiger partial charge in [0.25, 0.3) is 5.91 Å². The summed E-state index contributed by atoms with van der Waals surface area (Å²) in [4.78, 5) is 23.3. The lowest BCUT2D eigenvalue weighted by atomic mass is 10.2. The lowest BCUT2D eigenvalue weighted by molar-refractivity contribution is -0.118. The van der Waals surface area contributed by atoms with E-state index in [1.54, 1.807) is 43.3 Å². The van der Waals surface area contributed by atoms with Gasteiger partial charge in [0.2, 0.25) is 0 Å². The monoisotopic (exact) mass is 299 g/mol. The van der Waals surface area contributed by atoms with E-state index >= 15 is 0 Å². The summed E-state index contributed by atoms with van der Waals surface area (Å²) in [6.07, 6.45) is 0. The van der Waals surface area contributed by atoms with Crippen LogP contribution in [0.1, 0.15) is 17.3 Å². The number of rotatable bonds is 6. The van der Waals surface area contributed by atoms with Crippen LogP contribution in [0.2, 0.25) is 0 Å². The summed E-state index contributed by atoms with van der Waals surface area (Å²) >= 11 is 0. The Morgan fingerprint density at radius 3 is 2.32 bits per heavy atom. The number of benzene rings is 2. The molecule has 0 aromatic heterocycles. The van der Waals surface area contributed by atoms with Crippen LogP contribution in [0.4, 0.5) is 5.69 Å². The van der Waals surface area contributed by atoms with Crippen molar-refractivity contribution in [2.45, 2.75) is 6.92 Å². The highest BCUT2D eigenvalue weighted by atomic mass is 16.5. The Morgan fingerprint density at radius 1 is 1.00 bits per heavy atom. The normalized spacial score (nSPS) is 9.86. The van der Waals surface area contributed by atoms with Gasteiger partial charge in [-0.05, 0) is 43.3 Å². The van der Waals surface area contributed by atoms with E-state index in [4.69, 9.17) is 9.47 Å². The number of amides is 1. The minimum Gasteiger partial charge on any atom is -0.484 e. The van der Waals surface area contributed by atoms with Crippen molar-refractivity contribution in [1.82, 2.24) is 0 Å². The van der Waals surface area contributed by atoms with Gasteiger partial charge in [-0.1, -0.05) is 18.2 Å². The number of ether oxygens (including phenoxy) is 2. The Balaban J connectivity index is 1.85. The van der Waals surface area contributed by atoms with Crippen molar-refractivity contribution in [3.63, 3.8) is 0 Å². The molecule has 2 aromatic rings. The quantitative estimate of drug-likeness (QED) is 0.833. The molecule has 0 aliphatic carbocycles. The fourth-order valence-electron chi connectivity index (χ4n) is 1.77. The number of para-hydroxylation sites is 1. The first-order valence-corrected chi connectivity index (χ1v) is 6.94. The second kappa shape index (κ2) is 7.83. The molecule has 1 amide bonds. The van der Waals surface area contributed by atoms with Crippen molar-refractivity contribution in [3.05, 3.63) is 60.2 Å². The molecule has 5 nitrogen and oxygen atoms in total. The van der Waals surface area contributed by atoms with Crippen LogP contribution in [-0.2, 0) is 9.53 Å². The van der Waals surface area contributed by atoms with Gasteiger partial charge in [-0.3, -0.25) is 4.79 Å². The van der Waals surface area contributed by atoms with E-state index in [0.717, 1.165) is 0 Å². The summed E-state index contributed by atoms with van der Waals surface area (Å²) in [6.45, 7) is 2.00. The van der Waals surface area contributed by atoms with E-state index in [-0.39, 0.29) is 18.5 Å². The second-order valence-corrected chi connectivity index (χ2v) is 4.45. The van der Waals surface area contributed by atoms with Crippen LogP contribution in [0.3, 0.4) is 0 Å². The summed E-state index contributed by atoms with van der Waals surface area (Å²) in [5.41, 5.74) is 1.04. The number of anilines is 1. The fourth-order valence-corrected chi connectivity index (χ4v) is 1.77. The van der Waals surface area contributed by atoms with Gasteiger partial charge in [0.15, 0.2) is 6.61 Å². The second-order valence-electron chi connectivity index (χ2n) is 4.45. The predicted octanol–water partition coefficient (Wildman–Crippen LogP) is 2.88. The lowest BCUT2D eigenvalue weighted by Crippen LogP contribution is -2.20. The summed E-state index contributed by atoms with van der Waals surface area (Å²) in [6, 6.07) is 15.6. The van der Waals surface area contributed by atoms with E-state index in [1.807, 2.05) is 18.2 Å². The number of esters is 1. The van der Waals surface area contributed by atoms with Crippen LogP contribution in [-0.4, -0.2) is 25.1 Å². The molecule has 114 valence electrons. The predicted molar refractivity (Wildman–Crippen MR) is 83.0 cm³/mol. The number of carbonyl (C=O) groups excluding carboxylic acids is 2. The Labute approximate surface area is 128 Å². The minimum absolute atomic E-state index is 0.0797. The third kappa shape index (κ3) is 4.63. The first kappa shape index (κ1) is 15.6. The molecule has 0 atom stereocenters. The molecule has 0 aliphatic heterocycles. The van der Waals surface area contributed by atoms with Gasteiger partial charge >= 0.3 is 5.97 Å². The van der Waals surface area contributed by atoms with Crippen molar-refractivity contribution in [3.8, 4) is 5.75 Å². The van der Waals surface area contributed by atoms with Crippen LogP contribution < -0.4 is 10.1 Å². The van der Waals surface area contributed by atoms with Crippen LogP contribution in [0.25, 0.3) is 0 Å². The molecule has 5 heteroatoms. The number of hydrogen-bond acceptors (Lipinski definition) is 4. The summed E-state index contributed by atoms with van der Waals surface area (Å²) in [7, 11) is 0. The van der Waals surface area contributed by atoms with E-state index in [9.17, 15) is 9.59 Å². The highest BCUT2D eigenvalue weighted by Gasteiger charge is 2.07. The van der Waals surface area contributed by atoms with Gasteiger partial charge < -0.3 is 14.8 Å². The maximum Gasteiger partial charge on any atom is 0.338 e. The van der Waals surface area contributed by atoms with Crippen LogP contribution in [0.15, 0.2) is 54.6 Å². The van der Waals surface area contributed by atoms with Crippen LogP contribution in [0.5, 0.6) is 5.75 Å². The van der Waals surface area contributed by atoms with Gasteiger partial charge in [0.1, 0.15) is 5.75 Å². The zero-order valence-electron chi connectivity index (χ0n) is 12.2. The molecular formula is C17H17NO4. The lowest BCUT2D eigenvalue weighted by Gasteiger charge is -2.08. The van der Waals surface area contributed by atoms with E-state index < -0.39 is 0 Å². The number of nitrogens with one attached hydrogen (secondary N) is 1. The third-order valence-corrected chi connectivity index (χ3v) is 2.79. The maximum atomic E-state index is 11.8. The molecule has 0 saturated carbocycles. The molecule has 0 saturated heterocycles. The molecule has 0 radical (unpaired) electrons. The summed E-state index contributed by atoms with van der Waals surface area (Å²) < 4.78 is 10.2. The zero-order valence-corrected chi connectivity index (χ0v) is 12.2. The Hall–Kier alpha value is -2.82. The van der Waals surface area contributed by atoms with Crippen LogP contribution >= 0.6 is 0 Å². The standard InChI is InChI=1S/C17H17NO4/c1-2-21-17(20)13-8-10-14(11-9-13)18-16(19)12-22-15-6-4-3-5-7-15/h3-11H,2,12H2,1H3,(H,18,19). The highest BCUT2D eigenvalue weighted by Crippen LogP contribution is 2.11. The minimum atomic E-state index is -0.382. The molecule has 22 heavy (non-hydrogen) atoms. The molecule has 0 bridgehead atoms. The largest absolute Gasteiger partial charge is 0.484 e. The average Bonchev–Trinajstić information content (AvgIpc) is 2.55. The number of hydrogen-bond donors (Lipinski definition) is 1. The molecule has 0 unspecified atom stereocenters. The first-order chi connectivity index (χ1) is 10.7. The fraction of sp³-hybridized carbons (Fsp3) is 0.176. The Morgan fingerprint density at radius 2 is 1.68 bits per heavy atom. The van der Waals surface area contributed by atoms with E-state index in [2.05, 4.69) is 5.32 Å².